The number of hydrogen-bond acceptors (Lipinski definition) is 4. The summed E-state index contributed by atoms with van der Waals surface area (Å²) < 4.78 is 5.46. The number of hydrogen-bond donors (Lipinski definition) is 1. The number of anilines is 1. The minimum Gasteiger partial charge on any atom is -0.484 e. The molecule has 136 valence electrons. The number of nitro benzene ring substituents is 1. The normalized spacial score (nSPS) is 10.3. The van der Waals surface area contributed by atoms with Crippen LogP contribution in [-0.2, 0) is 4.79 Å². The summed E-state index contributed by atoms with van der Waals surface area (Å²) in [6.07, 6.45) is 0. The Morgan fingerprint density at radius 3 is 2.33 bits per heavy atom. The van der Waals surface area contributed by atoms with Crippen molar-refractivity contribution in [2.45, 2.75) is 0 Å². The fourth-order valence-electron chi connectivity index (χ4n) is 2.45. The highest BCUT2D eigenvalue weighted by atomic mass is 35.5. The van der Waals surface area contributed by atoms with Crippen LogP contribution in [0.15, 0.2) is 72.8 Å². The third kappa shape index (κ3) is 4.83. The maximum atomic E-state index is 12.0. The van der Waals surface area contributed by atoms with Gasteiger partial charge in [0.05, 0.1) is 4.92 Å². The lowest BCUT2D eigenvalue weighted by Crippen LogP contribution is -2.20. The highest BCUT2D eigenvalue weighted by Gasteiger charge is 2.14. The van der Waals surface area contributed by atoms with Crippen molar-refractivity contribution >= 4 is 28.9 Å². The molecule has 27 heavy (non-hydrogen) atoms. The highest BCUT2D eigenvalue weighted by Crippen LogP contribution is 2.27. The van der Waals surface area contributed by atoms with Gasteiger partial charge in [0.2, 0.25) is 0 Å². The zero-order valence-electron chi connectivity index (χ0n) is 14.1. The first-order valence-corrected chi connectivity index (χ1v) is 8.43. The molecule has 0 fully saturated rings. The van der Waals surface area contributed by atoms with Gasteiger partial charge in [0, 0.05) is 11.8 Å². The van der Waals surface area contributed by atoms with E-state index in [0.717, 1.165) is 11.1 Å². The number of carbonyl (C=O) groups is 1. The molecule has 0 aromatic heterocycles. The van der Waals surface area contributed by atoms with E-state index in [1.807, 2.05) is 42.5 Å². The van der Waals surface area contributed by atoms with E-state index in [4.69, 9.17) is 16.3 Å². The summed E-state index contributed by atoms with van der Waals surface area (Å²) in [4.78, 5) is 22.3. The predicted octanol–water partition coefficient (Wildman–Crippen LogP) is 4.93. The Morgan fingerprint density at radius 1 is 1.00 bits per heavy atom. The van der Waals surface area contributed by atoms with Gasteiger partial charge in [0.15, 0.2) is 6.61 Å². The van der Waals surface area contributed by atoms with E-state index in [1.165, 1.54) is 18.2 Å². The second-order valence-electron chi connectivity index (χ2n) is 5.65. The topological polar surface area (TPSA) is 81.5 Å². The van der Waals surface area contributed by atoms with Crippen molar-refractivity contribution in [2.75, 3.05) is 11.9 Å². The van der Waals surface area contributed by atoms with Crippen molar-refractivity contribution in [2.24, 2.45) is 0 Å². The number of amides is 1. The number of nitrogens with one attached hydrogen (secondary N) is 1. The molecule has 0 radical (unpaired) electrons. The van der Waals surface area contributed by atoms with Crippen LogP contribution >= 0.6 is 11.6 Å². The number of carbonyl (C=O) groups excluding carboxylic acids is 1. The lowest BCUT2D eigenvalue weighted by Gasteiger charge is -2.09. The van der Waals surface area contributed by atoms with E-state index in [2.05, 4.69) is 5.32 Å². The van der Waals surface area contributed by atoms with Crippen molar-refractivity contribution in [1.29, 1.82) is 0 Å². The maximum absolute atomic E-state index is 12.0. The van der Waals surface area contributed by atoms with Crippen LogP contribution in [0.1, 0.15) is 0 Å². The largest absolute Gasteiger partial charge is 0.484 e. The van der Waals surface area contributed by atoms with Crippen LogP contribution < -0.4 is 10.1 Å². The molecule has 0 bridgehead atoms. The second kappa shape index (κ2) is 8.33. The molecule has 3 rings (SSSR count). The zero-order valence-corrected chi connectivity index (χ0v) is 14.8. The highest BCUT2D eigenvalue weighted by molar-refractivity contribution is 6.32. The lowest BCUT2D eigenvalue weighted by molar-refractivity contribution is -0.384. The smallest absolute Gasteiger partial charge is 0.289 e. The fourth-order valence-corrected chi connectivity index (χ4v) is 2.64. The van der Waals surface area contributed by atoms with Crippen LogP contribution in [0.25, 0.3) is 11.1 Å². The van der Waals surface area contributed by atoms with Gasteiger partial charge in [0.25, 0.3) is 11.6 Å². The van der Waals surface area contributed by atoms with Gasteiger partial charge in [-0.25, -0.2) is 0 Å². The van der Waals surface area contributed by atoms with Crippen molar-refractivity contribution in [1.82, 2.24) is 0 Å². The number of halogens is 1. The lowest BCUT2D eigenvalue weighted by atomic mass is 10.1. The van der Waals surface area contributed by atoms with E-state index in [0.29, 0.717) is 5.75 Å². The first kappa shape index (κ1) is 18.4. The van der Waals surface area contributed by atoms with Crippen molar-refractivity contribution in [3.63, 3.8) is 0 Å². The van der Waals surface area contributed by atoms with E-state index in [1.54, 1.807) is 12.1 Å². The van der Waals surface area contributed by atoms with Crippen LogP contribution in [0.3, 0.4) is 0 Å². The van der Waals surface area contributed by atoms with Gasteiger partial charge in [0.1, 0.15) is 10.8 Å². The van der Waals surface area contributed by atoms with Gasteiger partial charge < -0.3 is 10.1 Å². The van der Waals surface area contributed by atoms with Gasteiger partial charge in [-0.15, -0.1) is 0 Å². The summed E-state index contributed by atoms with van der Waals surface area (Å²) in [5.74, 6) is 0.116. The molecule has 0 spiro atoms. The molecule has 0 saturated carbocycles. The summed E-state index contributed by atoms with van der Waals surface area (Å²) in [5, 5.41) is 13.4. The Bertz CT molecular complexity index is 959. The second-order valence-corrected chi connectivity index (χ2v) is 6.06. The molecule has 0 aliphatic rings. The molecule has 1 amide bonds. The van der Waals surface area contributed by atoms with Gasteiger partial charge in [-0.3, -0.25) is 14.9 Å². The van der Waals surface area contributed by atoms with E-state index in [9.17, 15) is 14.9 Å². The molecule has 3 aromatic carbocycles. The van der Waals surface area contributed by atoms with Crippen LogP contribution in [0.5, 0.6) is 5.75 Å². The summed E-state index contributed by atoms with van der Waals surface area (Å²) in [6, 6.07) is 21.3. The molecule has 0 heterocycles. The van der Waals surface area contributed by atoms with Crippen molar-refractivity contribution in [3.8, 4) is 16.9 Å². The molecule has 0 aliphatic carbocycles. The van der Waals surface area contributed by atoms with Crippen molar-refractivity contribution < 1.29 is 14.5 Å². The Morgan fingerprint density at radius 2 is 1.67 bits per heavy atom. The molecule has 1 N–H and O–H groups in total. The predicted molar refractivity (Wildman–Crippen MR) is 104 cm³/mol. The molecular formula is C20H15ClN2O4. The Hall–Kier alpha value is -3.38. The van der Waals surface area contributed by atoms with Crippen LogP contribution in [0, 0.1) is 10.1 Å². The number of nitro groups is 1. The quantitative estimate of drug-likeness (QED) is 0.484. The van der Waals surface area contributed by atoms with E-state index < -0.39 is 10.8 Å². The zero-order chi connectivity index (χ0) is 19.2. The number of rotatable bonds is 6. The van der Waals surface area contributed by atoms with Crippen molar-refractivity contribution in [3.05, 3.63) is 87.9 Å². The third-order valence-electron chi connectivity index (χ3n) is 3.76. The third-order valence-corrected chi connectivity index (χ3v) is 4.08. The molecule has 0 unspecified atom stereocenters. The standard InChI is InChI=1S/C20H15ClN2O4/c21-18-11-8-16(12-19(18)23(25)26)22-20(24)13-27-17-9-6-15(7-10-17)14-4-2-1-3-5-14/h1-12H,13H2,(H,22,24). The van der Waals surface area contributed by atoms with Gasteiger partial charge in [-0.2, -0.15) is 0 Å². The maximum Gasteiger partial charge on any atom is 0.289 e. The average Bonchev–Trinajstić information content (AvgIpc) is 2.69. The van der Waals surface area contributed by atoms with Gasteiger partial charge in [-0.05, 0) is 35.4 Å². The van der Waals surface area contributed by atoms with Gasteiger partial charge >= 0.3 is 0 Å². The summed E-state index contributed by atoms with van der Waals surface area (Å²) in [7, 11) is 0. The summed E-state index contributed by atoms with van der Waals surface area (Å²) in [5.41, 5.74) is 2.14. The Labute approximate surface area is 160 Å². The van der Waals surface area contributed by atoms with Crippen LogP contribution in [0.2, 0.25) is 5.02 Å². The molecule has 0 atom stereocenters. The molecule has 3 aromatic rings. The van der Waals surface area contributed by atoms with E-state index >= 15 is 0 Å². The summed E-state index contributed by atoms with van der Waals surface area (Å²) >= 11 is 5.75. The fraction of sp³-hybridized carbons (Fsp3) is 0.0500. The van der Waals surface area contributed by atoms with Crippen LogP contribution in [-0.4, -0.2) is 17.4 Å². The minimum atomic E-state index is -0.608. The molecule has 6 nitrogen and oxygen atoms in total. The average molecular weight is 383 g/mol. The first-order valence-electron chi connectivity index (χ1n) is 8.05. The molecule has 7 heteroatoms. The number of benzene rings is 3. The Kier molecular flexibility index (Phi) is 5.68. The van der Waals surface area contributed by atoms with Crippen LogP contribution in [0.4, 0.5) is 11.4 Å². The summed E-state index contributed by atoms with van der Waals surface area (Å²) in [6.45, 7) is -0.221. The minimum absolute atomic E-state index is 0.00718. The number of nitrogens with zero attached hydrogens (tertiary/aromatic N) is 1. The SMILES string of the molecule is O=C(COc1ccc(-c2ccccc2)cc1)Nc1ccc(Cl)c([N+](=O)[O-])c1. The molecule has 0 saturated heterocycles. The molecule has 0 aliphatic heterocycles. The molecular weight excluding hydrogens is 368 g/mol. The Balaban J connectivity index is 1.58. The van der Waals surface area contributed by atoms with E-state index in [-0.39, 0.29) is 23.0 Å². The van der Waals surface area contributed by atoms with Gasteiger partial charge in [-0.1, -0.05) is 54.1 Å². The monoisotopic (exact) mass is 382 g/mol. The number of ether oxygens (including phenoxy) is 1. The first-order chi connectivity index (χ1) is 13.0.